The minimum absolute atomic E-state index is 0.0404. The third-order valence-corrected chi connectivity index (χ3v) is 3.06. The maximum Gasteiger partial charge on any atom is 0.324 e. The first-order chi connectivity index (χ1) is 6.67. The van der Waals surface area contributed by atoms with E-state index in [1.807, 2.05) is 11.8 Å². The lowest BCUT2D eigenvalue weighted by atomic mass is 9.91. The molecule has 4 heteroatoms. The molecule has 1 unspecified atom stereocenters. The molecule has 0 saturated carbocycles. The molecule has 0 aromatic rings. The van der Waals surface area contributed by atoms with E-state index >= 15 is 0 Å². The number of β-amino-alcohol motifs (C(OH)–C–C–N with tert-alkyl or cyclic N) is 1. The largest absolute Gasteiger partial charge is 0.480 e. The zero-order valence-corrected chi connectivity index (χ0v) is 8.70. The summed E-state index contributed by atoms with van der Waals surface area (Å²) in [7, 11) is 0. The molecule has 0 aromatic heterocycles. The van der Waals surface area contributed by atoms with Gasteiger partial charge in [0, 0.05) is 6.54 Å². The SMILES string of the molecule is CCCC1(C(=O)O)CCCN1CCO. The molecule has 1 fully saturated rings. The highest BCUT2D eigenvalue weighted by Crippen LogP contribution is 2.33. The molecule has 0 spiro atoms. The Balaban J connectivity index is 2.77. The zero-order valence-electron chi connectivity index (χ0n) is 8.70. The van der Waals surface area contributed by atoms with Crippen LogP contribution in [0.15, 0.2) is 0 Å². The Morgan fingerprint density at radius 1 is 1.57 bits per heavy atom. The van der Waals surface area contributed by atoms with E-state index < -0.39 is 11.5 Å². The molecule has 1 aliphatic heterocycles. The van der Waals surface area contributed by atoms with Crippen molar-refractivity contribution in [2.75, 3.05) is 19.7 Å². The standard InChI is InChI=1S/C10H19NO3/c1-2-4-10(9(13)14)5-3-6-11(10)7-8-12/h12H,2-8H2,1H3,(H,13,14). The molecule has 0 amide bonds. The van der Waals surface area contributed by atoms with Crippen molar-refractivity contribution in [3.8, 4) is 0 Å². The van der Waals surface area contributed by atoms with Gasteiger partial charge in [0.1, 0.15) is 5.54 Å². The van der Waals surface area contributed by atoms with Crippen LogP contribution in [0.1, 0.15) is 32.6 Å². The van der Waals surface area contributed by atoms with Gasteiger partial charge in [0.25, 0.3) is 0 Å². The summed E-state index contributed by atoms with van der Waals surface area (Å²) in [5, 5.41) is 18.1. The van der Waals surface area contributed by atoms with Crippen molar-refractivity contribution in [1.82, 2.24) is 4.90 Å². The number of carboxylic acid groups (broad SMARTS) is 1. The van der Waals surface area contributed by atoms with Gasteiger partial charge in [0.05, 0.1) is 6.61 Å². The number of carboxylic acids is 1. The lowest BCUT2D eigenvalue weighted by Crippen LogP contribution is -2.51. The lowest BCUT2D eigenvalue weighted by Gasteiger charge is -2.34. The van der Waals surface area contributed by atoms with E-state index in [-0.39, 0.29) is 6.61 Å². The molecule has 0 bridgehead atoms. The molecule has 1 rings (SSSR count). The highest BCUT2D eigenvalue weighted by atomic mass is 16.4. The summed E-state index contributed by atoms with van der Waals surface area (Å²) in [6.45, 7) is 3.32. The van der Waals surface area contributed by atoms with E-state index in [9.17, 15) is 9.90 Å². The predicted molar refractivity (Wildman–Crippen MR) is 53.2 cm³/mol. The van der Waals surface area contributed by atoms with Crippen LogP contribution in [0.3, 0.4) is 0 Å². The summed E-state index contributed by atoms with van der Waals surface area (Å²) in [6.07, 6.45) is 3.19. The predicted octanol–water partition coefficient (Wildman–Crippen LogP) is 0.698. The highest BCUT2D eigenvalue weighted by Gasteiger charge is 2.46. The quantitative estimate of drug-likeness (QED) is 0.687. The number of carbonyl (C=O) groups is 1. The van der Waals surface area contributed by atoms with Crippen LogP contribution in [0, 0.1) is 0 Å². The number of rotatable bonds is 5. The van der Waals surface area contributed by atoms with Crippen LogP contribution in [0.2, 0.25) is 0 Å². The molecular weight excluding hydrogens is 182 g/mol. The van der Waals surface area contributed by atoms with E-state index in [0.29, 0.717) is 13.0 Å². The summed E-state index contributed by atoms with van der Waals surface area (Å²) in [4.78, 5) is 13.2. The van der Waals surface area contributed by atoms with Crippen molar-refractivity contribution >= 4 is 5.97 Å². The van der Waals surface area contributed by atoms with Crippen molar-refractivity contribution in [2.45, 2.75) is 38.1 Å². The van der Waals surface area contributed by atoms with Crippen molar-refractivity contribution in [2.24, 2.45) is 0 Å². The van der Waals surface area contributed by atoms with Gasteiger partial charge in [-0.3, -0.25) is 9.69 Å². The summed E-state index contributed by atoms with van der Waals surface area (Å²) >= 11 is 0. The van der Waals surface area contributed by atoms with Gasteiger partial charge in [-0.25, -0.2) is 0 Å². The van der Waals surface area contributed by atoms with E-state index in [0.717, 1.165) is 25.8 Å². The number of likely N-dealkylation sites (tertiary alicyclic amines) is 1. The number of aliphatic hydroxyl groups is 1. The molecular formula is C10H19NO3. The Morgan fingerprint density at radius 3 is 2.79 bits per heavy atom. The summed E-state index contributed by atoms with van der Waals surface area (Å²) in [6, 6.07) is 0. The fourth-order valence-corrected chi connectivity index (χ4v) is 2.43. The molecule has 82 valence electrons. The maximum atomic E-state index is 11.3. The topological polar surface area (TPSA) is 60.8 Å². The average molecular weight is 201 g/mol. The Hall–Kier alpha value is -0.610. The number of hydrogen-bond donors (Lipinski definition) is 2. The smallest absolute Gasteiger partial charge is 0.324 e. The van der Waals surface area contributed by atoms with E-state index in [1.54, 1.807) is 0 Å². The lowest BCUT2D eigenvalue weighted by molar-refractivity contribution is -0.150. The summed E-state index contributed by atoms with van der Waals surface area (Å²) in [5.74, 6) is -0.731. The van der Waals surface area contributed by atoms with Crippen LogP contribution in [0.5, 0.6) is 0 Å². The van der Waals surface area contributed by atoms with Crippen molar-refractivity contribution in [3.63, 3.8) is 0 Å². The molecule has 1 heterocycles. The molecule has 0 aliphatic carbocycles. The number of nitrogens with zero attached hydrogens (tertiary/aromatic N) is 1. The highest BCUT2D eigenvalue weighted by molar-refractivity contribution is 5.79. The Morgan fingerprint density at radius 2 is 2.29 bits per heavy atom. The first-order valence-corrected chi connectivity index (χ1v) is 5.26. The van der Waals surface area contributed by atoms with Gasteiger partial charge in [-0.15, -0.1) is 0 Å². The van der Waals surface area contributed by atoms with Crippen molar-refractivity contribution in [1.29, 1.82) is 0 Å². The molecule has 1 saturated heterocycles. The first-order valence-electron chi connectivity index (χ1n) is 5.26. The third kappa shape index (κ3) is 1.91. The van der Waals surface area contributed by atoms with E-state index in [1.165, 1.54) is 0 Å². The van der Waals surface area contributed by atoms with Crippen LogP contribution < -0.4 is 0 Å². The summed E-state index contributed by atoms with van der Waals surface area (Å²) < 4.78 is 0. The summed E-state index contributed by atoms with van der Waals surface area (Å²) in [5.41, 5.74) is -0.697. The van der Waals surface area contributed by atoms with Crippen LogP contribution in [0.25, 0.3) is 0 Å². The third-order valence-electron chi connectivity index (χ3n) is 3.06. The number of aliphatic carboxylic acids is 1. The minimum Gasteiger partial charge on any atom is -0.480 e. The van der Waals surface area contributed by atoms with Crippen LogP contribution in [-0.2, 0) is 4.79 Å². The van der Waals surface area contributed by atoms with Gasteiger partial charge in [0.2, 0.25) is 0 Å². The van der Waals surface area contributed by atoms with Crippen LogP contribution in [-0.4, -0.2) is 46.3 Å². The molecule has 1 atom stereocenters. The molecule has 0 aromatic carbocycles. The van der Waals surface area contributed by atoms with E-state index in [2.05, 4.69) is 0 Å². The minimum atomic E-state index is -0.731. The Labute approximate surface area is 84.5 Å². The first kappa shape index (κ1) is 11.5. The second-order valence-electron chi connectivity index (χ2n) is 3.90. The fourth-order valence-electron chi connectivity index (χ4n) is 2.43. The zero-order chi connectivity index (χ0) is 10.6. The Kier molecular flexibility index (Phi) is 3.89. The van der Waals surface area contributed by atoms with Crippen LogP contribution >= 0.6 is 0 Å². The van der Waals surface area contributed by atoms with Crippen molar-refractivity contribution in [3.05, 3.63) is 0 Å². The van der Waals surface area contributed by atoms with Gasteiger partial charge in [-0.2, -0.15) is 0 Å². The number of aliphatic hydroxyl groups excluding tert-OH is 1. The molecule has 14 heavy (non-hydrogen) atoms. The van der Waals surface area contributed by atoms with Crippen LogP contribution in [0.4, 0.5) is 0 Å². The Bertz CT molecular complexity index is 208. The van der Waals surface area contributed by atoms with Gasteiger partial charge in [-0.1, -0.05) is 13.3 Å². The fraction of sp³-hybridized carbons (Fsp3) is 0.900. The second-order valence-corrected chi connectivity index (χ2v) is 3.90. The molecule has 1 aliphatic rings. The monoisotopic (exact) mass is 201 g/mol. The number of hydrogen-bond acceptors (Lipinski definition) is 3. The molecule has 2 N–H and O–H groups in total. The molecule has 0 radical (unpaired) electrons. The average Bonchev–Trinajstić information content (AvgIpc) is 2.51. The van der Waals surface area contributed by atoms with Gasteiger partial charge < -0.3 is 10.2 Å². The van der Waals surface area contributed by atoms with Gasteiger partial charge in [0.15, 0.2) is 0 Å². The van der Waals surface area contributed by atoms with Gasteiger partial charge in [-0.05, 0) is 25.8 Å². The second kappa shape index (κ2) is 4.75. The molecule has 4 nitrogen and oxygen atoms in total. The maximum absolute atomic E-state index is 11.3. The van der Waals surface area contributed by atoms with Gasteiger partial charge >= 0.3 is 5.97 Å². The normalized spacial score (nSPS) is 28.1. The van der Waals surface area contributed by atoms with Crippen molar-refractivity contribution < 1.29 is 15.0 Å². The van der Waals surface area contributed by atoms with E-state index in [4.69, 9.17) is 5.11 Å².